The summed E-state index contributed by atoms with van der Waals surface area (Å²) in [5.74, 6) is 0. The predicted molar refractivity (Wildman–Crippen MR) is 73.2 cm³/mol. The van der Waals surface area contributed by atoms with Crippen LogP contribution in [-0.4, -0.2) is 0 Å². The normalized spacial score (nSPS) is 10.5. The molecule has 1 nitrogen and oxygen atoms in total. The molecule has 0 aliphatic heterocycles. The standard InChI is InChI=1S/C15H16ClN/c1-12-7-8-14(15(16)9-12)11-17-10-13-5-3-2-4-6-13/h2-9,17H,10-11H2,1H3. The Hall–Kier alpha value is -1.31. The number of rotatable bonds is 4. The quantitative estimate of drug-likeness (QED) is 0.861. The van der Waals surface area contributed by atoms with Gasteiger partial charge in [-0.15, -0.1) is 0 Å². The molecule has 0 radical (unpaired) electrons. The van der Waals surface area contributed by atoms with Gasteiger partial charge in [-0.3, -0.25) is 0 Å². The van der Waals surface area contributed by atoms with Crippen LogP contribution in [0.4, 0.5) is 0 Å². The van der Waals surface area contributed by atoms with Crippen LogP contribution < -0.4 is 5.32 Å². The Labute approximate surface area is 107 Å². The summed E-state index contributed by atoms with van der Waals surface area (Å²) < 4.78 is 0. The van der Waals surface area contributed by atoms with Gasteiger partial charge in [0.15, 0.2) is 0 Å². The first-order valence-electron chi connectivity index (χ1n) is 5.75. The second-order valence-corrected chi connectivity index (χ2v) is 4.59. The second kappa shape index (κ2) is 5.85. The molecule has 2 aromatic rings. The highest BCUT2D eigenvalue weighted by atomic mass is 35.5. The first kappa shape index (κ1) is 12.2. The topological polar surface area (TPSA) is 12.0 Å². The molecule has 0 bridgehead atoms. The monoisotopic (exact) mass is 245 g/mol. The smallest absolute Gasteiger partial charge is 0.0453 e. The molecule has 0 aliphatic carbocycles. The van der Waals surface area contributed by atoms with Gasteiger partial charge in [-0.2, -0.15) is 0 Å². The van der Waals surface area contributed by atoms with Crippen LogP contribution in [0.2, 0.25) is 5.02 Å². The molecule has 1 N–H and O–H groups in total. The minimum atomic E-state index is 0.800. The van der Waals surface area contributed by atoms with E-state index in [0.717, 1.165) is 23.7 Å². The molecule has 0 atom stereocenters. The number of hydrogen-bond donors (Lipinski definition) is 1. The summed E-state index contributed by atoms with van der Waals surface area (Å²) in [6.45, 7) is 3.71. The minimum Gasteiger partial charge on any atom is -0.309 e. The van der Waals surface area contributed by atoms with Crippen molar-refractivity contribution in [2.45, 2.75) is 20.0 Å². The third kappa shape index (κ3) is 3.58. The summed E-state index contributed by atoms with van der Waals surface area (Å²) in [5, 5.41) is 4.23. The van der Waals surface area contributed by atoms with Crippen molar-refractivity contribution in [3.63, 3.8) is 0 Å². The molecule has 0 saturated carbocycles. The van der Waals surface area contributed by atoms with Crippen LogP contribution in [0.5, 0.6) is 0 Å². The third-order valence-electron chi connectivity index (χ3n) is 2.70. The van der Waals surface area contributed by atoms with Crippen LogP contribution in [0.15, 0.2) is 48.5 Å². The van der Waals surface area contributed by atoms with E-state index in [1.54, 1.807) is 0 Å². The summed E-state index contributed by atoms with van der Waals surface area (Å²) in [6.07, 6.45) is 0. The fourth-order valence-electron chi connectivity index (χ4n) is 1.73. The molecule has 0 amide bonds. The lowest BCUT2D eigenvalue weighted by atomic mass is 10.1. The van der Waals surface area contributed by atoms with Gasteiger partial charge in [0.2, 0.25) is 0 Å². The van der Waals surface area contributed by atoms with Crippen molar-refractivity contribution in [1.82, 2.24) is 5.32 Å². The average molecular weight is 246 g/mol. The van der Waals surface area contributed by atoms with Crippen molar-refractivity contribution in [2.75, 3.05) is 0 Å². The van der Waals surface area contributed by atoms with Crippen molar-refractivity contribution in [3.05, 3.63) is 70.2 Å². The first-order chi connectivity index (χ1) is 8.25. The average Bonchev–Trinajstić information content (AvgIpc) is 2.33. The predicted octanol–water partition coefficient (Wildman–Crippen LogP) is 3.94. The molecular formula is C15H16ClN. The van der Waals surface area contributed by atoms with E-state index >= 15 is 0 Å². The van der Waals surface area contributed by atoms with Crippen LogP contribution in [0.1, 0.15) is 16.7 Å². The molecule has 2 heteroatoms. The number of halogens is 1. The molecule has 2 rings (SSSR count). The Bertz CT molecular complexity index is 480. The zero-order valence-corrected chi connectivity index (χ0v) is 10.7. The Morgan fingerprint density at radius 2 is 1.76 bits per heavy atom. The number of aryl methyl sites for hydroxylation is 1. The Balaban J connectivity index is 1.90. The molecule has 0 heterocycles. The van der Waals surface area contributed by atoms with E-state index in [1.807, 2.05) is 19.1 Å². The van der Waals surface area contributed by atoms with E-state index < -0.39 is 0 Å². The van der Waals surface area contributed by atoms with Gasteiger partial charge in [0, 0.05) is 18.1 Å². The van der Waals surface area contributed by atoms with E-state index in [0.29, 0.717) is 0 Å². The minimum absolute atomic E-state index is 0.800. The van der Waals surface area contributed by atoms with Crippen molar-refractivity contribution in [2.24, 2.45) is 0 Å². The Kier molecular flexibility index (Phi) is 4.18. The fourth-order valence-corrected chi connectivity index (χ4v) is 2.03. The van der Waals surface area contributed by atoms with Crippen molar-refractivity contribution >= 4 is 11.6 Å². The second-order valence-electron chi connectivity index (χ2n) is 4.18. The highest BCUT2D eigenvalue weighted by Gasteiger charge is 1.99. The molecule has 17 heavy (non-hydrogen) atoms. The van der Waals surface area contributed by atoms with Gasteiger partial charge in [0.1, 0.15) is 0 Å². The van der Waals surface area contributed by atoms with Gasteiger partial charge < -0.3 is 5.32 Å². The van der Waals surface area contributed by atoms with Gasteiger partial charge >= 0.3 is 0 Å². The maximum absolute atomic E-state index is 6.17. The largest absolute Gasteiger partial charge is 0.309 e. The van der Waals surface area contributed by atoms with Gasteiger partial charge in [-0.25, -0.2) is 0 Å². The van der Waals surface area contributed by atoms with E-state index in [-0.39, 0.29) is 0 Å². The summed E-state index contributed by atoms with van der Waals surface area (Å²) in [6, 6.07) is 16.5. The summed E-state index contributed by atoms with van der Waals surface area (Å²) in [5.41, 5.74) is 3.63. The number of benzene rings is 2. The summed E-state index contributed by atoms with van der Waals surface area (Å²) in [4.78, 5) is 0. The highest BCUT2D eigenvalue weighted by molar-refractivity contribution is 6.31. The molecule has 0 aromatic heterocycles. The summed E-state index contributed by atoms with van der Waals surface area (Å²) >= 11 is 6.17. The van der Waals surface area contributed by atoms with Crippen LogP contribution >= 0.6 is 11.6 Å². The maximum atomic E-state index is 6.17. The molecule has 0 spiro atoms. The van der Waals surface area contributed by atoms with Gasteiger partial charge in [0.05, 0.1) is 0 Å². The molecular weight excluding hydrogens is 230 g/mol. The third-order valence-corrected chi connectivity index (χ3v) is 3.05. The highest BCUT2D eigenvalue weighted by Crippen LogP contribution is 2.17. The lowest BCUT2D eigenvalue weighted by Gasteiger charge is -2.07. The SMILES string of the molecule is Cc1ccc(CNCc2ccccc2)c(Cl)c1. The van der Waals surface area contributed by atoms with Crippen molar-refractivity contribution in [1.29, 1.82) is 0 Å². The van der Waals surface area contributed by atoms with E-state index in [4.69, 9.17) is 11.6 Å². The molecule has 0 unspecified atom stereocenters. The lowest BCUT2D eigenvalue weighted by Crippen LogP contribution is -2.12. The molecule has 88 valence electrons. The summed E-state index contributed by atoms with van der Waals surface area (Å²) in [7, 11) is 0. The van der Waals surface area contributed by atoms with Gasteiger partial charge in [-0.05, 0) is 29.7 Å². The Morgan fingerprint density at radius 1 is 1.00 bits per heavy atom. The van der Waals surface area contributed by atoms with Gasteiger partial charge in [0.25, 0.3) is 0 Å². The molecule has 0 fully saturated rings. The van der Waals surface area contributed by atoms with Crippen molar-refractivity contribution < 1.29 is 0 Å². The van der Waals surface area contributed by atoms with E-state index in [9.17, 15) is 0 Å². The zero-order valence-electron chi connectivity index (χ0n) is 9.91. The number of nitrogens with one attached hydrogen (secondary N) is 1. The lowest BCUT2D eigenvalue weighted by molar-refractivity contribution is 0.693. The number of hydrogen-bond acceptors (Lipinski definition) is 1. The van der Waals surface area contributed by atoms with Crippen LogP contribution in [-0.2, 0) is 13.1 Å². The fraction of sp³-hybridized carbons (Fsp3) is 0.200. The molecule has 0 aliphatic rings. The van der Waals surface area contributed by atoms with Crippen LogP contribution in [0, 0.1) is 6.92 Å². The molecule has 2 aromatic carbocycles. The van der Waals surface area contributed by atoms with Crippen molar-refractivity contribution in [3.8, 4) is 0 Å². The van der Waals surface area contributed by atoms with E-state index in [1.165, 1.54) is 11.1 Å². The van der Waals surface area contributed by atoms with Gasteiger partial charge in [-0.1, -0.05) is 54.1 Å². The zero-order chi connectivity index (χ0) is 12.1. The van der Waals surface area contributed by atoms with Crippen LogP contribution in [0.25, 0.3) is 0 Å². The Morgan fingerprint density at radius 3 is 2.47 bits per heavy atom. The first-order valence-corrected chi connectivity index (χ1v) is 6.13. The van der Waals surface area contributed by atoms with E-state index in [2.05, 4.69) is 41.7 Å². The molecule has 0 saturated heterocycles. The van der Waals surface area contributed by atoms with Crippen LogP contribution in [0.3, 0.4) is 0 Å². The maximum Gasteiger partial charge on any atom is 0.0453 e.